The summed E-state index contributed by atoms with van der Waals surface area (Å²) in [6, 6.07) is 8.35. The maximum atomic E-state index is 12.9. The van der Waals surface area contributed by atoms with Gasteiger partial charge in [-0.3, -0.25) is 9.59 Å². The van der Waals surface area contributed by atoms with Gasteiger partial charge in [0.05, 0.1) is 12.3 Å². The highest BCUT2D eigenvalue weighted by Crippen LogP contribution is 2.31. The number of halogens is 1. The van der Waals surface area contributed by atoms with Crippen molar-refractivity contribution in [3.63, 3.8) is 0 Å². The van der Waals surface area contributed by atoms with Crippen molar-refractivity contribution < 1.29 is 14.0 Å². The van der Waals surface area contributed by atoms with Crippen molar-refractivity contribution >= 4 is 29.9 Å². The number of nitrogens with two attached hydrogens (primary N) is 1. The van der Waals surface area contributed by atoms with E-state index in [1.807, 2.05) is 32.0 Å². The Labute approximate surface area is 165 Å². The first-order chi connectivity index (χ1) is 12.5. The van der Waals surface area contributed by atoms with Crippen LogP contribution in [0.4, 0.5) is 5.69 Å². The number of carbonyl (C=O) groups excluding carboxylic acids is 2. The van der Waals surface area contributed by atoms with Crippen LogP contribution in [0.3, 0.4) is 0 Å². The number of hydrogen-bond donors (Lipinski definition) is 3. The lowest BCUT2D eigenvalue weighted by atomic mass is 9.87. The number of hydrogen-bond acceptors (Lipinski definition) is 4. The zero-order chi connectivity index (χ0) is 18.7. The molecule has 1 heterocycles. The van der Waals surface area contributed by atoms with Gasteiger partial charge < -0.3 is 20.8 Å². The molecule has 0 saturated carbocycles. The number of furan rings is 1. The van der Waals surface area contributed by atoms with Crippen LogP contribution in [0.2, 0.25) is 0 Å². The first-order valence-electron chi connectivity index (χ1n) is 8.98. The number of benzene rings is 1. The van der Waals surface area contributed by atoms with Crippen LogP contribution >= 0.6 is 12.4 Å². The Morgan fingerprint density at radius 1 is 1.26 bits per heavy atom. The fourth-order valence-electron chi connectivity index (χ4n) is 3.40. The maximum absolute atomic E-state index is 12.9. The minimum atomic E-state index is -0.633. The smallest absolute Gasteiger partial charge is 0.287 e. The van der Waals surface area contributed by atoms with E-state index in [0.717, 1.165) is 30.5 Å². The van der Waals surface area contributed by atoms with Crippen molar-refractivity contribution in [3.8, 4) is 0 Å². The van der Waals surface area contributed by atoms with E-state index >= 15 is 0 Å². The summed E-state index contributed by atoms with van der Waals surface area (Å²) in [6.07, 6.45) is 4.27. The van der Waals surface area contributed by atoms with Crippen LogP contribution in [-0.4, -0.2) is 17.9 Å². The van der Waals surface area contributed by atoms with Gasteiger partial charge in [0.1, 0.15) is 6.04 Å². The highest BCUT2D eigenvalue weighted by molar-refractivity contribution is 5.95. The number of nitrogens with one attached hydrogen (secondary N) is 2. The highest BCUT2D eigenvalue weighted by Gasteiger charge is 2.29. The summed E-state index contributed by atoms with van der Waals surface area (Å²) in [4.78, 5) is 25.1. The van der Waals surface area contributed by atoms with E-state index < -0.39 is 6.04 Å². The molecule has 0 fully saturated rings. The normalized spacial score (nSPS) is 16.8. The minimum absolute atomic E-state index is 0. The van der Waals surface area contributed by atoms with Crippen molar-refractivity contribution in [2.75, 3.05) is 5.73 Å². The number of anilines is 1. The molecule has 3 rings (SSSR count). The molecule has 0 saturated heterocycles. The van der Waals surface area contributed by atoms with E-state index in [4.69, 9.17) is 10.2 Å². The molecule has 2 unspecified atom stereocenters. The van der Waals surface area contributed by atoms with Crippen molar-refractivity contribution in [3.05, 3.63) is 53.5 Å². The minimum Gasteiger partial charge on any atom is -0.459 e. The highest BCUT2D eigenvalue weighted by atomic mass is 35.5. The molecular formula is C20H26ClN3O3. The number of carbonyl (C=O) groups is 2. The molecule has 1 aromatic carbocycles. The Kier molecular flexibility index (Phi) is 6.91. The molecule has 1 aromatic heterocycles. The molecule has 1 aliphatic carbocycles. The predicted molar refractivity (Wildman–Crippen MR) is 107 cm³/mol. The standard InChI is InChI=1S/C20H25N3O3.ClH/c1-12(2)18(23-19(24)17-7-4-10-26-17)20(25)22-16-6-3-5-13-11-14(21)8-9-15(13)16;/h4,7-12,16,18H,3,5-6,21H2,1-2H3,(H,22,25)(H,23,24);1H. The van der Waals surface area contributed by atoms with Gasteiger partial charge in [-0.15, -0.1) is 12.4 Å². The molecule has 6 nitrogen and oxygen atoms in total. The van der Waals surface area contributed by atoms with Gasteiger partial charge in [0.15, 0.2) is 5.76 Å². The average molecular weight is 392 g/mol. The van der Waals surface area contributed by atoms with Gasteiger partial charge in [-0.05, 0) is 60.6 Å². The SMILES string of the molecule is CC(C)C(NC(=O)c1ccco1)C(=O)NC1CCCc2cc(N)ccc21.Cl. The third-order valence-corrected chi connectivity index (χ3v) is 4.78. The lowest BCUT2D eigenvalue weighted by molar-refractivity contribution is -0.124. The molecule has 146 valence electrons. The van der Waals surface area contributed by atoms with E-state index in [-0.39, 0.29) is 41.9 Å². The van der Waals surface area contributed by atoms with Gasteiger partial charge in [-0.2, -0.15) is 0 Å². The summed E-state index contributed by atoms with van der Waals surface area (Å²) in [7, 11) is 0. The van der Waals surface area contributed by atoms with Gasteiger partial charge in [0.25, 0.3) is 5.91 Å². The van der Waals surface area contributed by atoms with Crippen LogP contribution in [0.1, 0.15) is 54.4 Å². The van der Waals surface area contributed by atoms with Crippen LogP contribution in [0.15, 0.2) is 41.0 Å². The van der Waals surface area contributed by atoms with E-state index in [0.29, 0.717) is 0 Å². The Hall–Kier alpha value is -2.47. The summed E-state index contributed by atoms with van der Waals surface area (Å²) in [5.74, 6) is -0.430. The van der Waals surface area contributed by atoms with E-state index in [9.17, 15) is 9.59 Å². The van der Waals surface area contributed by atoms with Crippen LogP contribution < -0.4 is 16.4 Å². The van der Waals surface area contributed by atoms with Gasteiger partial charge in [0, 0.05) is 5.69 Å². The zero-order valence-corrected chi connectivity index (χ0v) is 16.3. The van der Waals surface area contributed by atoms with Crippen molar-refractivity contribution in [1.82, 2.24) is 10.6 Å². The zero-order valence-electron chi connectivity index (χ0n) is 15.5. The third kappa shape index (κ3) is 4.83. The number of amides is 2. The largest absolute Gasteiger partial charge is 0.459 e. The molecule has 7 heteroatoms. The first kappa shape index (κ1) is 20.8. The average Bonchev–Trinajstić information content (AvgIpc) is 3.13. The van der Waals surface area contributed by atoms with Gasteiger partial charge in [-0.1, -0.05) is 19.9 Å². The van der Waals surface area contributed by atoms with Crippen LogP contribution in [0.25, 0.3) is 0 Å². The Morgan fingerprint density at radius 2 is 2.04 bits per heavy atom. The molecule has 0 bridgehead atoms. The first-order valence-corrected chi connectivity index (χ1v) is 8.98. The van der Waals surface area contributed by atoms with Gasteiger partial charge >= 0.3 is 0 Å². The lowest BCUT2D eigenvalue weighted by Crippen LogP contribution is -2.50. The molecule has 0 spiro atoms. The molecule has 0 aliphatic heterocycles. The number of nitrogen functional groups attached to an aromatic ring is 1. The van der Waals surface area contributed by atoms with E-state index in [2.05, 4.69) is 10.6 Å². The second-order valence-electron chi connectivity index (χ2n) is 7.08. The van der Waals surface area contributed by atoms with Crippen LogP contribution in [0, 0.1) is 5.92 Å². The number of aryl methyl sites for hydroxylation is 1. The fraction of sp³-hybridized carbons (Fsp3) is 0.400. The van der Waals surface area contributed by atoms with Gasteiger partial charge in [-0.25, -0.2) is 0 Å². The molecule has 4 N–H and O–H groups in total. The summed E-state index contributed by atoms with van der Waals surface area (Å²) < 4.78 is 5.11. The molecule has 2 amide bonds. The predicted octanol–water partition coefficient (Wildman–Crippen LogP) is 3.23. The second-order valence-corrected chi connectivity index (χ2v) is 7.08. The quantitative estimate of drug-likeness (QED) is 0.681. The van der Waals surface area contributed by atoms with Crippen molar-refractivity contribution in [1.29, 1.82) is 0 Å². The Morgan fingerprint density at radius 3 is 2.70 bits per heavy atom. The van der Waals surface area contributed by atoms with Crippen LogP contribution in [-0.2, 0) is 11.2 Å². The molecule has 2 atom stereocenters. The maximum Gasteiger partial charge on any atom is 0.287 e. The van der Waals surface area contributed by atoms with Crippen molar-refractivity contribution in [2.24, 2.45) is 5.92 Å². The van der Waals surface area contributed by atoms with Gasteiger partial charge in [0.2, 0.25) is 5.91 Å². The summed E-state index contributed by atoms with van der Waals surface area (Å²) in [5.41, 5.74) is 8.90. The summed E-state index contributed by atoms with van der Waals surface area (Å²) in [6.45, 7) is 3.81. The summed E-state index contributed by atoms with van der Waals surface area (Å²) >= 11 is 0. The lowest BCUT2D eigenvalue weighted by Gasteiger charge is -2.29. The molecular weight excluding hydrogens is 366 g/mol. The monoisotopic (exact) mass is 391 g/mol. The second kappa shape index (κ2) is 8.95. The molecule has 2 aromatic rings. The Balaban J connectivity index is 0.00000261. The molecule has 1 aliphatic rings. The third-order valence-electron chi connectivity index (χ3n) is 4.78. The fourth-order valence-corrected chi connectivity index (χ4v) is 3.40. The van der Waals surface area contributed by atoms with E-state index in [1.54, 1.807) is 12.1 Å². The molecule has 0 radical (unpaired) electrons. The summed E-state index contributed by atoms with van der Waals surface area (Å²) in [5, 5.41) is 5.88. The topological polar surface area (TPSA) is 97.4 Å². The van der Waals surface area contributed by atoms with Crippen LogP contribution in [0.5, 0.6) is 0 Å². The Bertz CT molecular complexity index is 790. The van der Waals surface area contributed by atoms with E-state index in [1.165, 1.54) is 11.8 Å². The number of rotatable bonds is 5. The number of fused-ring (bicyclic) bond motifs is 1. The molecule has 27 heavy (non-hydrogen) atoms. The van der Waals surface area contributed by atoms with Crippen molar-refractivity contribution in [2.45, 2.75) is 45.2 Å².